The SMILES string of the molecule is NCCCC[C@H](NC(=O)c1ccccc1)C(=O)Nc1ccc(CN(C(=O)c2ccco2)C2CCCCC2)cc1. The maximum atomic E-state index is 13.2. The molecule has 1 aliphatic rings. The molecule has 2 aromatic carbocycles. The van der Waals surface area contributed by atoms with Crippen molar-refractivity contribution in [1.29, 1.82) is 0 Å². The van der Waals surface area contributed by atoms with Crippen LogP contribution in [0.3, 0.4) is 0 Å². The van der Waals surface area contributed by atoms with E-state index in [2.05, 4.69) is 10.6 Å². The molecule has 0 bridgehead atoms. The molecule has 1 saturated carbocycles. The van der Waals surface area contributed by atoms with Gasteiger partial charge < -0.3 is 25.7 Å². The van der Waals surface area contributed by atoms with E-state index in [0.29, 0.717) is 36.5 Å². The van der Waals surface area contributed by atoms with Gasteiger partial charge >= 0.3 is 0 Å². The maximum Gasteiger partial charge on any atom is 0.290 e. The number of anilines is 1. The van der Waals surface area contributed by atoms with Crippen LogP contribution in [0.15, 0.2) is 77.4 Å². The van der Waals surface area contributed by atoms with Gasteiger partial charge in [-0.25, -0.2) is 0 Å². The number of rotatable bonds is 12. The predicted octanol–water partition coefficient (Wildman–Crippen LogP) is 5.12. The fraction of sp³-hybridized carbons (Fsp3) is 0.387. The number of unbranched alkanes of at least 4 members (excludes halogenated alkanes) is 1. The van der Waals surface area contributed by atoms with Crippen molar-refractivity contribution in [1.82, 2.24) is 10.2 Å². The monoisotopic (exact) mass is 530 g/mol. The van der Waals surface area contributed by atoms with E-state index in [1.165, 1.54) is 12.7 Å². The maximum absolute atomic E-state index is 13.2. The van der Waals surface area contributed by atoms with Crippen molar-refractivity contribution < 1.29 is 18.8 Å². The minimum Gasteiger partial charge on any atom is -0.459 e. The molecule has 1 heterocycles. The van der Waals surface area contributed by atoms with Crippen LogP contribution in [0, 0.1) is 0 Å². The molecule has 1 fully saturated rings. The summed E-state index contributed by atoms with van der Waals surface area (Å²) in [5.74, 6) is -0.315. The Kier molecular flexibility index (Phi) is 10.3. The summed E-state index contributed by atoms with van der Waals surface area (Å²) in [5.41, 5.74) is 7.73. The van der Waals surface area contributed by atoms with E-state index in [9.17, 15) is 14.4 Å². The van der Waals surface area contributed by atoms with Gasteiger partial charge in [0.05, 0.1) is 6.26 Å². The third kappa shape index (κ3) is 8.04. The largest absolute Gasteiger partial charge is 0.459 e. The van der Waals surface area contributed by atoms with Gasteiger partial charge in [0.2, 0.25) is 5.91 Å². The third-order valence-electron chi connectivity index (χ3n) is 7.19. The zero-order valence-electron chi connectivity index (χ0n) is 22.3. The number of carbonyl (C=O) groups excluding carboxylic acids is 3. The summed E-state index contributed by atoms with van der Waals surface area (Å²) < 4.78 is 5.41. The van der Waals surface area contributed by atoms with Gasteiger partial charge in [-0.15, -0.1) is 0 Å². The molecular formula is C31H38N4O4. The normalized spacial score (nSPS) is 14.4. The number of hydrogen-bond acceptors (Lipinski definition) is 5. The summed E-state index contributed by atoms with van der Waals surface area (Å²) >= 11 is 0. The van der Waals surface area contributed by atoms with Crippen molar-refractivity contribution in [2.45, 2.75) is 70.0 Å². The zero-order valence-corrected chi connectivity index (χ0v) is 22.3. The molecule has 0 unspecified atom stereocenters. The highest BCUT2D eigenvalue weighted by Gasteiger charge is 2.28. The summed E-state index contributed by atoms with van der Waals surface area (Å²) in [6, 6.07) is 19.3. The Morgan fingerprint density at radius 3 is 2.33 bits per heavy atom. The lowest BCUT2D eigenvalue weighted by Gasteiger charge is -2.34. The van der Waals surface area contributed by atoms with Gasteiger partial charge in [0.1, 0.15) is 6.04 Å². The van der Waals surface area contributed by atoms with E-state index >= 15 is 0 Å². The first kappa shape index (κ1) is 28.1. The summed E-state index contributed by atoms with van der Waals surface area (Å²) in [4.78, 5) is 41.0. The molecule has 0 radical (unpaired) electrons. The fourth-order valence-corrected chi connectivity index (χ4v) is 5.01. The lowest BCUT2D eigenvalue weighted by atomic mass is 9.93. The number of nitrogens with zero attached hydrogens (tertiary/aromatic N) is 1. The van der Waals surface area contributed by atoms with Gasteiger partial charge in [0, 0.05) is 23.8 Å². The van der Waals surface area contributed by atoms with Crippen LogP contribution in [-0.2, 0) is 11.3 Å². The van der Waals surface area contributed by atoms with E-state index in [0.717, 1.165) is 44.1 Å². The van der Waals surface area contributed by atoms with Crippen molar-refractivity contribution in [2.24, 2.45) is 5.73 Å². The number of hydrogen-bond donors (Lipinski definition) is 3. The molecule has 206 valence electrons. The summed E-state index contributed by atoms with van der Waals surface area (Å²) in [7, 11) is 0. The molecule has 0 aliphatic heterocycles. The van der Waals surface area contributed by atoms with E-state index in [1.54, 1.807) is 36.4 Å². The average Bonchev–Trinajstić information content (AvgIpc) is 3.52. The van der Waals surface area contributed by atoms with Crippen molar-refractivity contribution in [3.63, 3.8) is 0 Å². The van der Waals surface area contributed by atoms with Crippen molar-refractivity contribution in [2.75, 3.05) is 11.9 Å². The van der Waals surface area contributed by atoms with E-state index in [1.807, 2.05) is 35.2 Å². The van der Waals surface area contributed by atoms with Gasteiger partial charge in [0.15, 0.2) is 5.76 Å². The number of carbonyl (C=O) groups is 3. The predicted molar refractivity (Wildman–Crippen MR) is 151 cm³/mol. The number of nitrogens with one attached hydrogen (secondary N) is 2. The Labute approximate surface area is 229 Å². The number of benzene rings is 2. The van der Waals surface area contributed by atoms with Crippen LogP contribution in [0.1, 0.15) is 77.8 Å². The highest BCUT2D eigenvalue weighted by molar-refractivity contribution is 6.01. The van der Waals surface area contributed by atoms with Crippen LogP contribution in [0.5, 0.6) is 0 Å². The second-order valence-corrected chi connectivity index (χ2v) is 10.1. The van der Waals surface area contributed by atoms with Crippen LogP contribution in [0.2, 0.25) is 0 Å². The van der Waals surface area contributed by atoms with Crippen LogP contribution >= 0.6 is 0 Å². The molecule has 39 heavy (non-hydrogen) atoms. The molecule has 8 heteroatoms. The zero-order chi connectivity index (χ0) is 27.5. The second-order valence-electron chi connectivity index (χ2n) is 10.1. The molecule has 1 aromatic heterocycles. The first-order valence-corrected chi connectivity index (χ1v) is 13.9. The standard InChI is InChI=1S/C31H38N4O4/c32-20-8-7-14-27(34-29(36)24-10-3-1-4-11-24)30(37)33-25-18-16-23(17-19-25)22-35(26-12-5-2-6-13-26)31(38)28-15-9-21-39-28/h1,3-4,9-11,15-19,21,26-27H,2,5-8,12-14,20,22,32H2,(H,33,37)(H,34,36)/t27-/m0/s1. The molecule has 4 rings (SSSR count). The number of nitrogens with two attached hydrogens (primary N) is 1. The fourth-order valence-electron chi connectivity index (χ4n) is 5.01. The lowest BCUT2D eigenvalue weighted by Crippen LogP contribution is -2.43. The van der Waals surface area contributed by atoms with Gasteiger partial charge in [-0.3, -0.25) is 14.4 Å². The topological polar surface area (TPSA) is 118 Å². The Morgan fingerprint density at radius 1 is 0.923 bits per heavy atom. The van der Waals surface area contributed by atoms with Crippen molar-refractivity contribution in [3.8, 4) is 0 Å². The molecule has 1 atom stereocenters. The second kappa shape index (κ2) is 14.3. The van der Waals surface area contributed by atoms with Crippen LogP contribution in [-0.4, -0.2) is 41.2 Å². The molecule has 3 aromatic rings. The lowest BCUT2D eigenvalue weighted by molar-refractivity contribution is -0.118. The number of amides is 3. The van der Waals surface area contributed by atoms with Crippen LogP contribution in [0.4, 0.5) is 5.69 Å². The smallest absolute Gasteiger partial charge is 0.290 e. The Morgan fingerprint density at radius 2 is 1.67 bits per heavy atom. The molecular weight excluding hydrogens is 492 g/mol. The summed E-state index contributed by atoms with van der Waals surface area (Å²) in [6.07, 6.45) is 8.92. The quantitative estimate of drug-likeness (QED) is 0.281. The molecule has 3 amide bonds. The van der Waals surface area contributed by atoms with E-state index in [-0.39, 0.29) is 23.8 Å². The van der Waals surface area contributed by atoms with Gasteiger partial charge in [0.25, 0.3) is 11.8 Å². The Hall–Kier alpha value is -3.91. The van der Waals surface area contributed by atoms with Crippen LogP contribution < -0.4 is 16.4 Å². The summed E-state index contributed by atoms with van der Waals surface area (Å²) in [5, 5.41) is 5.80. The van der Waals surface area contributed by atoms with Crippen molar-refractivity contribution >= 4 is 23.4 Å². The Balaban J connectivity index is 1.41. The molecule has 8 nitrogen and oxygen atoms in total. The van der Waals surface area contributed by atoms with Gasteiger partial charge in [-0.05, 0) is 80.6 Å². The number of furan rings is 1. The van der Waals surface area contributed by atoms with E-state index < -0.39 is 6.04 Å². The van der Waals surface area contributed by atoms with Crippen LogP contribution in [0.25, 0.3) is 0 Å². The minimum absolute atomic E-state index is 0.0984. The molecule has 0 spiro atoms. The molecule has 0 saturated heterocycles. The van der Waals surface area contributed by atoms with Gasteiger partial charge in [-0.1, -0.05) is 49.6 Å². The van der Waals surface area contributed by atoms with E-state index in [4.69, 9.17) is 10.2 Å². The highest BCUT2D eigenvalue weighted by Crippen LogP contribution is 2.26. The minimum atomic E-state index is -0.684. The van der Waals surface area contributed by atoms with Crippen molar-refractivity contribution in [3.05, 3.63) is 89.9 Å². The first-order chi connectivity index (χ1) is 19.0. The van der Waals surface area contributed by atoms with Gasteiger partial charge in [-0.2, -0.15) is 0 Å². The molecule has 4 N–H and O–H groups in total. The Bertz CT molecular complexity index is 1190. The molecule has 1 aliphatic carbocycles. The first-order valence-electron chi connectivity index (χ1n) is 13.9. The third-order valence-corrected chi connectivity index (χ3v) is 7.19. The highest BCUT2D eigenvalue weighted by atomic mass is 16.3. The average molecular weight is 531 g/mol. The summed E-state index contributed by atoms with van der Waals surface area (Å²) in [6.45, 7) is 0.996.